The van der Waals surface area contributed by atoms with Crippen LogP contribution in [0.5, 0.6) is 0 Å². The lowest BCUT2D eigenvalue weighted by Crippen LogP contribution is -2.43. The highest BCUT2D eigenvalue weighted by atomic mass is 16.2. The summed E-state index contributed by atoms with van der Waals surface area (Å²) in [5.41, 5.74) is 17.0. The lowest BCUT2D eigenvalue weighted by Gasteiger charge is -2.23. The molecule has 0 unspecified atom stereocenters. The third-order valence-electron chi connectivity index (χ3n) is 3.97. The number of nitrogens with one attached hydrogen (secondary N) is 2. The molecule has 0 saturated carbocycles. The van der Waals surface area contributed by atoms with Crippen molar-refractivity contribution in [1.82, 2.24) is 4.98 Å². The van der Waals surface area contributed by atoms with E-state index in [1.54, 1.807) is 24.3 Å². The van der Waals surface area contributed by atoms with E-state index in [1.165, 1.54) is 6.07 Å². The maximum Gasteiger partial charge on any atom is 0.333 e. The van der Waals surface area contributed by atoms with E-state index >= 15 is 0 Å². The van der Waals surface area contributed by atoms with Gasteiger partial charge in [0.25, 0.3) is 0 Å². The summed E-state index contributed by atoms with van der Waals surface area (Å²) in [5.74, 6) is 11.6. The number of amides is 6. The first kappa shape index (κ1) is 17.8. The highest BCUT2D eigenvalue weighted by molar-refractivity contribution is 6.23. The van der Waals surface area contributed by atoms with Gasteiger partial charge < -0.3 is 27.5 Å². The summed E-state index contributed by atoms with van der Waals surface area (Å²) in [6, 6.07) is 5.48. The van der Waals surface area contributed by atoms with Crippen LogP contribution < -0.4 is 44.2 Å². The number of anilines is 3. The minimum atomic E-state index is -0.985. The molecule has 140 valence electrons. The third kappa shape index (κ3) is 2.90. The van der Waals surface area contributed by atoms with Gasteiger partial charge in [-0.15, -0.1) is 0 Å². The van der Waals surface area contributed by atoms with Gasteiger partial charge >= 0.3 is 18.1 Å². The number of hydrogen-bond acceptors (Lipinski definition) is 5. The quantitative estimate of drug-likeness (QED) is 0.196. The van der Waals surface area contributed by atoms with Crippen LogP contribution >= 0.6 is 0 Å². The predicted octanol–water partition coefficient (Wildman–Crippen LogP) is 0.329. The SMILES string of the molecule is NC(=O)Nc1cc(N(N)C(N)=O)c2[nH]c3ccccc3c2c1N(N)C(N)=O. The molecule has 2 aromatic carbocycles. The molecule has 12 nitrogen and oxygen atoms in total. The molecule has 6 amide bonds. The van der Waals surface area contributed by atoms with E-state index in [2.05, 4.69) is 10.3 Å². The second kappa shape index (κ2) is 6.36. The fourth-order valence-corrected chi connectivity index (χ4v) is 2.89. The van der Waals surface area contributed by atoms with Crippen molar-refractivity contribution in [1.29, 1.82) is 0 Å². The third-order valence-corrected chi connectivity index (χ3v) is 3.97. The van der Waals surface area contributed by atoms with Crippen LogP contribution in [0.15, 0.2) is 30.3 Å². The maximum absolute atomic E-state index is 11.7. The number of benzene rings is 2. The molecule has 0 aliphatic rings. The van der Waals surface area contributed by atoms with E-state index in [-0.39, 0.29) is 17.1 Å². The average Bonchev–Trinajstić information content (AvgIpc) is 2.98. The second-order valence-electron chi connectivity index (χ2n) is 5.62. The van der Waals surface area contributed by atoms with E-state index in [0.717, 1.165) is 0 Å². The number of carbonyl (C=O) groups excluding carboxylic acids is 3. The highest BCUT2D eigenvalue weighted by Crippen LogP contribution is 2.43. The van der Waals surface area contributed by atoms with Crippen molar-refractivity contribution in [3.05, 3.63) is 30.3 Å². The van der Waals surface area contributed by atoms with Gasteiger partial charge in [-0.1, -0.05) is 18.2 Å². The molecule has 0 fully saturated rings. The fourth-order valence-electron chi connectivity index (χ4n) is 2.89. The van der Waals surface area contributed by atoms with Gasteiger partial charge in [0.2, 0.25) is 0 Å². The van der Waals surface area contributed by atoms with Crippen LogP contribution in [0.4, 0.5) is 31.4 Å². The monoisotopic (exact) mass is 371 g/mol. The number of H-pyrrole nitrogens is 1. The first-order chi connectivity index (χ1) is 12.7. The van der Waals surface area contributed by atoms with Crippen molar-refractivity contribution in [2.45, 2.75) is 0 Å². The van der Waals surface area contributed by atoms with Gasteiger partial charge in [0.05, 0.1) is 22.6 Å². The smallest absolute Gasteiger partial charge is 0.333 e. The molecule has 3 rings (SSSR count). The zero-order valence-electron chi connectivity index (χ0n) is 13.9. The van der Waals surface area contributed by atoms with Crippen LogP contribution in [0.25, 0.3) is 21.8 Å². The number of aromatic nitrogens is 1. The van der Waals surface area contributed by atoms with Crippen LogP contribution in [-0.2, 0) is 0 Å². The van der Waals surface area contributed by atoms with Crippen LogP contribution in [0.2, 0.25) is 0 Å². The van der Waals surface area contributed by atoms with Crippen molar-refractivity contribution in [2.24, 2.45) is 28.9 Å². The molecule has 0 aliphatic carbocycles. The molecule has 3 aromatic rings. The number of hydrogen-bond donors (Lipinski definition) is 7. The Kier molecular flexibility index (Phi) is 4.19. The standard InChI is InChI=1S/C15H17N9O3/c16-13(25)22-8-5-9(23(19)14(17)26)11-10(12(8)24(20)15(18)27)6-3-1-2-4-7(6)21-11/h1-5,21H,19-20H2,(H2,17,26)(H2,18,27)(H3,16,22,25). The number of rotatable bonds is 3. The number of carbonyl (C=O) groups is 3. The number of primary amides is 3. The summed E-state index contributed by atoms with van der Waals surface area (Å²) >= 11 is 0. The van der Waals surface area contributed by atoms with E-state index in [9.17, 15) is 14.4 Å². The zero-order chi connectivity index (χ0) is 19.9. The summed E-state index contributed by atoms with van der Waals surface area (Å²) < 4.78 is 0. The van der Waals surface area contributed by atoms with Crippen molar-refractivity contribution in [3.8, 4) is 0 Å². The molecule has 12 heteroatoms. The molecule has 27 heavy (non-hydrogen) atoms. The largest absolute Gasteiger partial charge is 0.353 e. The Morgan fingerprint density at radius 1 is 0.963 bits per heavy atom. The van der Waals surface area contributed by atoms with E-state index in [1.807, 2.05) is 0 Å². The van der Waals surface area contributed by atoms with Crippen molar-refractivity contribution in [3.63, 3.8) is 0 Å². The van der Waals surface area contributed by atoms with Crippen molar-refractivity contribution >= 4 is 57.0 Å². The van der Waals surface area contributed by atoms with Gasteiger partial charge in [0.1, 0.15) is 0 Å². The molecular weight excluding hydrogens is 354 g/mol. The number of aromatic amines is 1. The molecule has 0 radical (unpaired) electrons. The van der Waals surface area contributed by atoms with E-state index in [4.69, 9.17) is 28.9 Å². The zero-order valence-corrected chi connectivity index (χ0v) is 13.9. The summed E-state index contributed by atoms with van der Waals surface area (Å²) in [4.78, 5) is 37.9. The molecule has 0 aliphatic heterocycles. The van der Waals surface area contributed by atoms with Crippen LogP contribution in [0.1, 0.15) is 0 Å². The van der Waals surface area contributed by atoms with E-state index in [0.29, 0.717) is 31.8 Å². The number of nitrogens with two attached hydrogens (primary N) is 5. The predicted molar refractivity (Wildman–Crippen MR) is 102 cm³/mol. The Morgan fingerprint density at radius 3 is 2.19 bits per heavy atom. The van der Waals surface area contributed by atoms with E-state index < -0.39 is 18.1 Å². The number of fused-ring (bicyclic) bond motifs is 3. The van der Waals surface area contributed by atoms with Gasteiger partial charge in [0.15, 0.2) is 0 Å². The lowest BCUT2D eigenvalue weighted by atomic mass is 10.1. The normalized spacial score (nSPS) is 10.7. The van der Waals surface area contributed by atoms with Gasteiger partial charge in [-0.05, 0) is 12.1 Å². The lowest BCUT2D eigenvalue weighted by molar-refractivity contribution is 0.253. The highest BCUT2D eigenvalue weighted by Gasteiger charge is 2.25. The minimum Gasteiger partial charge on any atom is -0.353 e. The number of para-hydroxylation sites is 1. The molecule has 0 spiro atoms. The Balaban J connectivity index is 2.52. The molecular formula is C15H17N9O3. The maximum atomic E-state index is 11.7. The van der Waals surface area contributed by atoms with Crippen LogP contribution in [0, 0.1) is 0 Å². The van der Waals surface area contributed by atoms with Gasteiger partial charge in [-0.3, -0.25) is 0 Å². The minimum absolute atomic E-state index is 0.00718. The Bertz CT molecular complexity index is 1090. The number of hydrazine groups is 2. The van der Waals surface area contributed by atoms with Crippen LogP contribution in [-0.4, -0.2) is 23.1 Å². The van der Waals surface area contributed by atoms with Crippen molar-refractivity contribution in [2.75, 3.05) is 15.3 Å². The van der Waals surface area contributed by atoms with Gasteiger partial charge in [0, 0.05) is 16.3 Å². The van der Waals surface area contributed by atoms with Crippen molar-refractivity contribution < 1.29 is 14.4 Å². The topological polar surface area (TPSA) is 216 Å². The molecule has 1 aromatic heterocycles. The summed E-state index contributed by atoms with van der Waals surface area (Å²) in [6.45, 7) is 0. The average molecular weight is 371 g/mol. The Hall–Kier alpha value is -4.03. The van der Waals surface area contributed by atoms with Gasteiger partial charge in [-0.25, -0.2) is 36.1 Å². The summed E-state index contributed by atoms with van der Waals surface area (Å²) in [5, 5.41) is 4.70. The molecule has 0 atom stereocenters. The summed E-state index contributed by atoms with van der Waals surface area (Å²) in [7, 11) is 0. The second-order valence-corrected chi connectivity index (χ2v) is 5.62. The molecule has 1 heterocycles. The van der Waals surface area contributed by atoms with Gasteiger partial charge in [-0.2, -0.15) is 0 Å². The Labute approximate surface area is 151 Å². The molecule has 0 bridgehead atoms. The van der Waals surface area contributed by atoms with Crippen LogP contribution in [0.3, 0.4) is 0 Å². The first-order valence-electron chi connectivity index (χ1n) is 7.54. The fraction of sp³-hybridized carbons (Fsp3) is 0. The Morgan fingerprint density at radius 2 is 1.59 bits per heavy atom. The summed E-state index contributed by atoms with van der Waals surface area (Å²) in [6.07, 6.45) is 0. The number of nitrogens with zero attached hydrogens (tertiary/aromatic N) is 2. The number of urea groups is 3. The first-order valence-corrected chi connectivity index (χ1v) is 7.54. The molecule has 0 saturated heterocycles. The molecule has 12 N–H and O–H groups in total.